The fourth-order valence-electron chi connectivity index (χ4n) is 2.35. The van der Waals surface area contributed by atoms with Crippen molar-refractivity contribution in [2.24, 2.45) is 5.73 Å². The molecule has 0 unspecified atom stereocenters. The first-order valence-electron chi connectivity index (χ1n) is 7.64. The predicted molar refractivity (Wildman–Crippen MR) is 83.7 cm³/mol. The van der Waals surface area contributed by atoms with Crippen molar-refractivity contribution in [2.45, 2.75) is 63.5 Å². The van der Waals surface area contributed by atoms with E-state index in [-0.39, 0.29) is 12.1 Å². The van der Waals surface area contributed by atoms with E-state index in [1.54, 1.807) is 0 Å². The van der Waals surface area contributed by atoms with E-state index in [4.69, 9.17) is 15.2 Å². The van der Waals surface area contributed by atoms with Crippen LogP contribution < -0.4 is 11.1 Å². The molecule has 0 bridgehead atoms. The predicted octanol–water partition coefficient (Wildman–Crippen LogP) is 2.34. The maximum Gasteiger partial charge on any atom is 0.404 e. The number of rotatable bonds is 8. The second-order valence-electron chi connectivity index (χ2n) is 6.82. The van der Waals surface area contributed by atoms with Gasteiger partial charge in [-0.3, -0.25) is 0 Å². The molecule has 1 saturated heterocycles. The van der Waals surface area contributed by atoms with Crippen LogP contribution in [0.4, 0.5) is 4.79 Å². The number of nitrogens with one attached hydrogen (secondary N) is 1. The molecule has 0 radical (unpaired) electrons. The Morgan fingerprint density at radius 1 is 1.45 bits per heavy atom. The number of carbonyl (C=O) groups is 1. The third-order valence-corrected chi connectivity index (χ3v) is 5.31. The van der Waals surface area contributed by atoms with Gasteiger partial charge in [0.15, 0.2) is 0 Å². The molecule has 1 aliphatic rings. The molecule has 5 nitrogen and oxygen atoms in total. The van der Waals surface area contributed by atoms with Crippen LogP contribution in [0.15, 0.2) is 0 Å². The Morgan fingerprint density at radius 2 is 2.20 bits per heavy atom. The van der Waals surface area contributed by atoms with Gasteiger partial charge in [-0.25, -0.2) is 4.79 Å². The van der Waals surface area contributed by atoms with Gasteiger partial charge >= 0.3 is 6.09 Å². The Hall–Kier alpha value is -0.593. The quantitative estimate of drug-likeness (QED) is 0.675. The number of ether oxygens (including phenoxy) is 2. The van der Waals surface area contributed by atoms with Crippen LogP contribution in [-0.4, -0.2) is 46.1 Å². The van der Waals surface area contributed by atoms with E-state index in [0.717, 1.165) is 32.4 Å². The molecule has 1 amide bonds. The van der Waals surface area contributed by atoms with Crippen molar-refractivity contribution in [1.82, 2.24) is 5.32 Å². The average molecular weight is 302 g/mol. The zero-order valence-corrected chi connectivity index (χ0v) is 14.1. The third kappa shape index (κ3) is 8.55. The number of carbonyl (C=O) groups excluding carboxylic acids is 1. The Kier molecular flexibility index (Phi) is 7.54. The highest BCUT2D eigenvalue weighted by atomic mass is 28.3. The number of amides is 1. The van der Waals surface area contributed by atoms with Gasteiger partial charge in [0, 0.05) is 20.7 Å². The SMILES string of the molecule is C[Si](C)(C)CCN[C@H](COC(N)=O)C[C@@H]1CCCCO1. The Balaban J connectivity index is 2.35. The molecule has 3 N–H and O–H groups in total. The van der Waals surface area contributed by atoms with Crippen LogP contribution in [-0.2, 0) is 9.47 Å². The summed E-state index contributed by atoms with van der Waals surface area (Å²) >= 11 is 0. The summed E-state index contributed by atoms with van der Waals surface area (Å²) in [6.07, 6.45) is 3.95. The van der Waals surface area contributed by atoms with Gasteiger partial charge in [0.2, 0.25) is 0 Å². The summed E-state index contributed by atoms with van der Waals surface area (Å²) in [6, 6.07) is 1.35. The molecule has 0 spiro atoms. The first kappa shape index (κ1) is 17.5. The maximum atomic E-state index is 10.8. The topological polar surface area (TPSA) is 73.6 Å². The number of nitrogens with two attached hydrogens (primary N) is 1. The van der Waals surface area contributed by atoms with Crippen LogP contribution >= 0.6 is 0 Å². The first-order chi connectivity index (χ1) is 9.37. The van der Waals surface area contributed by atoms with Crippen LogP contribution in [0.5, 0.6) is 0 Å². The number of hydrogen-bond acceptors (Lipinski definition) is 4. The van der Waals surface area contributed by atoms with Crippen molar-refractivity contribution < 1.29 is 14.3 Å². The minimum atomic E-state index is -1.05. The van der Waals surface area contributed by atoms with Crippen LogP contribution in [0.1, 0.15) is 25.7 Å². The largest absolute Gasteiger partial charge is 0.448 e. The van der Waals surface area contributed by atoms with Crippen molar-refractivity contribution in [3.8, 4) is 0 Å². The molecule has 6 heteroatoms. The third-order valence-electron chi connectivity index (χ3n) is 3.56. The maximum absolute atomic E-state index is 10.8. The highest BCUT2D eigenvalue weighted by Crippen LogP contribution is 2.17. The summed E-state index contributed by atoms with van der Waals surface area (Å²) in [5, 5.41) is 3.50. The zero-order chi connectivity index (χ0) is 15.0. The fraction of sp³-hybridized carbons (Fsp3) is 0.929. The smallest absolute Gasteiger partial charge is 0.404 e. The summed E-state index contributed by atoms with van der Waals surface area (Å²) in [5.41, 5.74) is 5.06. The van der Waals surface area contributed by atoms with Gasteiger partial charge in [-0.1, -0.05) is 19.6 Å². The van der Waals surface area contributed by atoms with Crippen LogP contribution in [0.3, 0.4) is 0 Å². The lowest BCUT2D eigenvalue weighted by molar-refractivity contribution is 0.000655. The molecule has 2 atom stereocenters. The molecular formula is C14H30N2O3Si. The highest BCUT2D eigenvalue weighted by molar-refractivity contribution is 6.76. The molecule has 0 aromatic heterocycles. The molecule has 0 aromatic carbocycles. The molecule has 1 fully saturated rings. The molecule has 1 aliphatic heterocycles. The monoisotopic (exact) mass is 302 g/mol. The van der Waals surface area contributed by atoms with Gasteiger partial charge in [-0.2, -0.15) is 0 Å². The molecule has 20 heavy (non-hydrogen) atoms. The van der Waals surface area contributed by atoms with Crippen LogP contribution in [0.2, 0.25) is 25.7 Å². The Labute approximate surface area is 123 Å². The number of primary amides is 1. The van der Waals surface area contributed by atoms with Gasteiger partial charge in [0.1, 0.15) is 6.61 Å². The van der Waals surface area contributed by atoms with E-state index in [1.807, 2.05) is 0 Å². The standard InChI is InChI=1S/C14H30N2O3Si/c1-20(2,3)9-7-16-12(11-19-14(15)17)10-13-6-4-5-8-18-13/h12-13,16H,4-11H2,1-3H3,(H2,15,17)/t12-,13-/m0/s1. The van der Waals surface area contributed by atoms with Crippen LogP contribution in [0, 0.1) is 0 Å². The van der Waals surface area contributed by atoms with E-state index in [0.29, 0.717) is 6.61 Å². The van der Waals surface area contributed by atoms with Crippen LogP contribution in [0.25, 0.3) is 0 Å². The van der Waals surface area contributed by atoms with Gasteiger partial charge in [0.25, 0.3) is 0 Å². The van der Waals surface area contributed by atoms with Crippen molar-refractivity contribution in [3.63, 3.8) is 0 Å². The summed E-state index contributed by atoms with van der Waals surface area (Å²) in [6.45, 7) is 9.22. The summed E-state index contributed by atoms with van der Waals surface area (Å²) in [5.74, 6) is 0. The first-order valence-corrected chi connectivity index (χ1v) is 11.3. The second kappa shape index (κ2) is 8.64. The Bertz CT molecular complexity index is 289. The van der Waals surface area contributed by atoms with Gasteiger partial charge in [-0.05, 0) is 38.3 Å². The van der Waals surface area contributed by atoms with Crippen molar-refractivity contribution in [1.29, 1.82) is 0 Å². The summed E-state index contributed by atoms with van der Waals surface area (Å²) in [7, 11) is -1.05. The minimum absolute atomic E-state index is 0.141. The number of hydrogen-bond donors (Lipinski definition) is 2. The summed E-state index contributed by atoms with van der Waals surface area (Å²) < 4.78 is 10.7. The second-order valence-corrected chi connectivity index (χ2v) is 12.4. The summed E-state index contributed by atoms with van der Waals surface area (Å²) in [4.78, 5) is 10.8. The zero-order valence-electron chi connectivity index (χ0n) is 13.1. The average Bonchev–Trinajstić information content (AvgIpc) is 2.35. The van der Waals surface area contributed by atoms with E-state index in [2.05, 4.69) is 25.0 Å². The molecule has 118 valence electrons. The van der Waals surface area contributed by atoms with E-state index in [9.17, 15) is 4.79 Å². The molecule has 0 saturated carbocycles. The molecule has 0 aromatic rings. The van der Waals surface area contributed by atoms with E-state index in [1.165, 1.54) is 12.5 Å². The van der Waals surface area contributed by atoms with Gasteiger partial charge < -0.3 is 20.5 Å². The van der Waals surface area contributed by atoms with Crippen molar-refractivity contribution >= 4 is 14.2 Å². The van der Waals surface area contributed by atoms with Crippen molar-refractivity contribution in [2.75, 3.05) is 19.8 Å². The van der Waals surface area contributed by atoms with Crippen molar-refractivity contribution in [3.05, 3.63) is 0 Å². The molecular weight excluding hydrogens is 272 g/mol. The lowest BCUT2D eigenvalue weighted by Crippen LogP contribution is -2.41. The normalized spacial score (nSPS) is 21.4. The van der Waals surface area contributed by atoms with Gasteiger partial charge in [-0.15, -0.1) is 0 Å². The highest BCUT2D eigenvalue weighted by Gasteiger charge is 2.21. The Morgan fingerprint density at radius 3 is 2.75 bits per heavy atom. The van der Waals surface area contributed by atoms with Gasteiger partial charge in [0.05, 0.1) is 6.10 Å². The lowest BCUT2D eigenvalue weighted by Gasteiger charge is -2.28. The van der Waals surface area contributed by atoms with E-state index >= 15 is 0 Å². The lowest BCUT2D eigenvalue weighted by atomic mass is 10.0. The molecule has 1 rings (SSSR count). The fourth-order valence-corrected chi connectivity index (χ4v) is 3.25. The minimum Gasteiger partial charge on any atom is -0.448 e. The molecule has 1 heterocycles. The van der Waals surface area contributed by atoms with E-state index < -0.39 is 14.2 Å². The molecule has 0 aliphatic carbocycles.